The number of morpholine rings is 1. The molecule has 0 spiro atoms. The summed E-state index contributed by atoms with van der Waals surface area (Å²) in [5, 5.41) is 2.86. The maximum absolute atomic E-state index is 11.6. The minimum absolute atomic E-state index is 0. The number of nitrogens with zero attached hydrogens (tertiary/aromatic N) is 1. The highest BCUT2D eigenvalue weighted by atomic mass is 35.5. The first-order chi connectivity index (χ1) is 7.73. The molecule has 1 saturated heterocycles. The van der Waals surface area contributed by atoms with E-state index in [-0.39, 0.29) is 36.3 Å². The lowest BCUT2D eigenvalue weighted by Crippen LogP contribution is -2.56. The average Bonchev–Trinajstić information content (AvgIpc) is 2.18. The van der Waals surface area contributed by atoms with Crippen LogP contribution in [0.3, 0.4) is 0 Å². The maximum Gasteiger partial charge on any atom is 0.239 e. The van der Waals surface area contributed by atoms with Gasteiger partial charge < -0.3 is 15.8 Å². The largest absolute Gasteiger partial charge is 0.378 e. The molecular formula is C12H27Cl2N3O2. The molecule has 19 heavy (non-hydrogen) atoms. The fourth-order valence-electron chi connectivity index (χ4n) is 1.84. The molecule has 1 amide bonds. The zero-order valence-electron chi connectivity index (χ0n) is 12.2. The molecule has 1 fully saturated rings. The lowest BCUT2D eigenvalue weighted by atomic mass is 10.0. The lowest BCUT2D eigenvalue weighted by Gasteiger charge is -2.42. The van der Waals surface area contributed by atoms with E-state index in [2.05, 4.69) is 24.1 Å². The molecule has 0 bridgehead atoms. The standard InChI is InChI=1S/C12H25N3O2.2ClH/c1-11(2)9-17-8-7-15(11)6-5-14-10(16)12(3,4)13;;/h5-9,13H2,1-4H3,(H,14,16);2*1H. The highest BCUT2D eigenvalue weighted by Gasteiger charge is 2.30. The van der Waals surface area contributed by atoms with Crippen LogP contribution in [-0.2, 0) is 9.53 Å². The molecule has 116 valence electrons. The number of halogens is 2. The molecule has 7 heteroatoms. The third-order valence-electron chi connectivity index (χ3n) is 3.07. The zero-order valence-corrected chi connectivity index (χ0v) is 13.8. The van der Waals surface area contributed by atoms with Gasteiger partial charge in [-0.05, 0) is 27.7 Å². The van der Waals surface area contributed by atoms with Gasteiger partial charge >= 0.3 is 0 Å². The molecular weight excluding hydrogens is 289 g/mol. The number of nitrogens with two attached hydrogens (primary N) is 1. The first kappa shape index (κ1) is 21.2. The molecule has 0 saturated carbocycles. The number of hydrogen-bond donors (Lipinski definition) is 2. The Labute approximate surface area is 128 Å². The lowest BCUT2D eigenvalue weighted by molar-refractivity contribution is -0.125. The molecule has 1 aliphatic rings. The van der Waals surface area contributed by atoms with E-state index in [1.165, 1.54) is 0 Å². The Hall–Kier alpha value is -0.0700. The number of carbonyl (C=O) groups is 1. The van der Waals surface area contributed by atoms with Gasteiger partial charge in [0, 0.05) is 25.2 Å². The van der Waals surface area contributed by atoms with Gasteiger partial charge in [0.25, 0.3) is 0 Å². The van der Waals surface area contributed by atoms with Crippen molar-refractivity contribution in [1.82, 2.24) is 10.2 Å². The number of ether oxygens (including phenoxy) is 1. The second kappa shape index (κ2) is 8.27. The molecule has 0 aromatic carbocycles. The van der Waals surface area contributed by atoms with E-state index in [1.807, 2.05) is 0 Å². The van der Waals surface area contributed by atoms with Gasteiger partial charge in [-0.25, -0.2) is 0 Å². The van der Waals surface area contributed by atoms with E-state index in [0.717, 1.165) is 26.3 Å². The van der Waals surface area contributed by atoms with Crippen LogP contribution in [-0.4, -0.2) is 54.7 Å². The quantitative estimate of drug-likeness (QED) is 0.805. The van der Waals surface area contributed by atoms with Gasteiger partial charge in [-0.2, -0.15) is 0 Å². The number of amides is 1. The second-order valence-corrected chi connectivity index (χ2v) is 5.83. The summed E-state index contributed by atoms with van der Waals surface area (Å²) < 4.78 is 5.45. The maximum atomic E-state index is 11.6. The van der Waals surface area contributed by atoms with E-state index in [4.69, 9.17) is 10.5 Å². The van der Waals surface area contributed by atoms with Crippen LogP contribution in [0.2, 0.25) is 0 Å². The topological polar surface area (TPSA) is 67.6 Å². The summed E-state index contributed by atoms with van der Waals surface area (Å²) in [6.45, 7) is 11.6. The van der Waals surface area contributed by atoms with Crippen LogP contribution in [0.25, 0.3) is 0 Å². The number of hydrogen-bond acceptors (Lipinski definition) is 4. The van der Waals surface area contributed by atoms with Crippen molar-refractivity contribution in [3.63, 3.8) is 0 Å². The summed E-state index contributed by atoms with van der Waals surface area (Å²) in [5.74, 6) is -0.108. The molecule has 1 heterocycles. The highest BCUT2D eigenvalue weighted by Crippen LogP contribution is 2.17. The van der Waals surface area contributed by atoms with E-state index >= 15 is 0 Å². The minimum atomic E-state index is -0.805. The van der Waals surface area contributed by atoms with Crippen molar-refractivity contribution in [1.29, 1.82) is 0 Å². The Kier molecular flexibility index (Phi) is 9.24. The van der Waals surface area contributed by atoms with Crippen molar-refractivity contribution < 1.29 is 9.53 Å². The van der Waals surface area contributed by atoms with Crippen LogP contribution in [0.1, 0.15) is 27.7 Å². The van der Waals surface area contributed by atoms with Gasteiger partial charge in [0.15, 0.2) is 0 Å². The van der Waals surface area contributed by atoms with Gasteiger partial charge in [0.1, 0.15) is 0 Å². The number of nitrogens with one attached hydrogen (secondary N) is 1. The first-order valence-electron chi connectivity index (χ1n) is 6.13. The Bertz CT molecular complexity index is 281. The molecule has 0 aromatic rings. The summed E-state index contributed by atoms with van der Waals surface area (Å²) in [4.78, 5) is 13.9. The summed E-state index contributed by atoms with van der Waals surface area (Å²) in [5.41, 5.74) is 4.94. The summed E-state index contributed by atoms with van der Waals surface area (Å²) in [6.07, 6.45) is 0. The molecule has 1 rings (SSSR count). The molecule has 3 N–H and O–H groups in total. The summed E-state index contributed by atoms with van der Waals surface area (Å²) >= 11 is 0. The summed E-state index contributed by atoms with van der Waals surface area (Å²) in [7, 11) is 0. The van der Waals surface area contributed by atoms with Gasteiger partial charge in [-0.15, -0.1) is 24.8 Å². The Balaban J connectivity index is 0. The van der Waals surface area contributed by atoms with Crippen molar-refractivity contribution in [3.8, 4) is 0 Å². The predicted octanol–water partition coefficient (Wildman–Crippen LogP) is 0.794. The third kappa shape index (κ3) is 6.77. The monoisotopic (exact) mass is 315 g/mol. The van der Waals surface area contributed by atoms with E-state index in [0.29, 0.717) is 6.54 Å². The normalized spacial score (nSPS) is 19.0. The molecule has 1 aliphatic heterocycles. The van der Waals surface area contributed by atoms with Crippen molar-refractivity contribution in [2.24, 2.45) is 5.73 Å². The van der Waals surface area contributed by atoms with E-state index in [9.17, 15) is 4.79 Å². The average molecular weight is 316 g/mol. The van der Waals surface area contributed by atoms with Crippen molar-refractivity contribution in [2.75, 3.05) is 32.8 Å². The van der Waals surface area contributed by atoms with Gasteiger partial charge in [0.2, 0.25) is 5.91 Å². The fourth-order valence-corrected chi connectivity index (χ4v) is 1.84. The molecule has 0 aromatic heterocycles. The number of carbonyl (C=O) groups excluding carboxylic acids is 1. The van der Waals surface area contributed by atoms with Crippen LogP contribution in [0.5, 0.6) is 0 Å². The molecule has 0 aliphatic carbocycles. The molecule has 0 atom stereocenters. The van der Waals surface area contributed by atoms with Gasteiger partial charge in [0.05, 0.1) is 18.8 Å². The Morgan fingerprint density at radius 2 is 2.00 bits per heavy atom. The zero-order chi connectivity index (χ0) is 13.1. The SMILES string of the molecule is CC(C)(N)C(=O)NCCN1CCOCC1(C)C.Cl.Cl. The summed E-state index contributed by atoms with van der Waals surface area (Å²) in [6, 6.07) is 0. The number of rotatable bonds is 4. The fraction of sp³-hybridized carbons (Fsp3) is 0.917. The van der Waals surface area contributed by atoms with Crippen LogP contribution in [0.4, 0.5) is 0 Å². The predicted molar refractivity (Wildman–Crippen MR) is 82.2 cm³/mol. The first-order valence-corrected chi connectivity index (χ1v) is 6.13. The molecule has 5 nitrogen and oxygen atoms in total. The van der Waals surface area contributed by atoms with Crippen molar-refractivity contribution in [2.45, 2.75) is 38.8 Å². The molecule has 0 unspecified atom stereocenters. The van der Waals surface area contributed by atoms with Crippen LogP contribution < -0.4 is 11.1 Å². The van der Waals surface area contributed by atoms with Crippen molar-refractivity contribution in [3.05, 3.63) is 0 Å². The minimum Gasteiger partial charge on any atom is -0.378 e. The van der Waals surface area contributed by atoms with Crippen molar-refractivity contribution >= 4 is 30.7 Å². The van der Waals surface area contributed by atoms with Gasteiger partial charge in [-0.1, -0.05) is 0 Å². The van der Waals surface area contributed by atoms with E-state index in [1.54, 1.807) is 13.8 Å². The Morgan fingerprint density at radius 3 is 2.47 bits per heavy atom. The van der Waals surface area contributed by atoms with Crippen LogP contribution in [0.15, 0.2) is 0 Å². The molecule has 0 radical (unpaired) electrons. The van der Waals surface area contributed by atoms with E-state index < -0.39 is 5.54 Å². The van der Waals surface area contributed by atoms with Crippen LogP contribution >= 0.6 is 24.8 Å². The van der Waals surface area contributed by atoms with Gasteiger partial charge in [-0.3, -0.25) is 9.69 Å². The second-order valence-electron chi connectivity index (χ2n) is 5.83. The van der Waals surface area contributed by atoms with Crippen LogP contribution in [0, 0.1) is 0 Å². The Morgan fingerprint density at radius 1 is 1.42 bits per heavy atom. The highest BCUT2D eigenvalue weighted by molar-refractivity contribution is 5.85. The third-order valence-corrected chi connectivity index (χ3v) is 3.07. The smallest absolute Gasteiger partial charge is 0.239 e.